The summed E-state index contributed by atoms with van der Waals surface area (Å²) in [5.74, 6) is 0.400. The van der Waals surface area contributed by atoms with Crippen molar-refractivity contribution in [2.45, 2.75) is 51.3 Å². The highest BCUT2D eigenvalue weighted by Crippen LogP contribution is 2.19. The van der Waals surface area contributed by atoms with E-state index in [1.165, 1.54) is 0 Å². The van der Waals surface area contributed by atoms with Crippen molar-refractivity contribution in [2.75, 3.05) is 0 Å². The predicted molar refractivity (Wildman–Crippen MR) is 84.6 cm³/mol. The number of nitrogens with two attached hydrogens (primary N) is 2. The zero-order chi connectivity index (χ0) is 15.1. The zero-order valence-electron chi connectivity index (χ0n) is 12.5. The number of hydrogen-bond acceptors (Lipinski definition) is 5. The van der Waals surface area contributed by atoms with Crippen LogP contribution in [0.5, 0.6) is 0 Å². The van der Waals surface area contributed by atoms with Gasteiger partial charge in [0.25, 0.3) is 0 Å². The van der Waals surface area contributed by atoms with E-state index in [-0.39, 0.29) is 0 Å². The summed E-state index contributed by atoms with van der Waals surface area (Å²) < 4.78 is 5.53. The van der Waals surface area contributed by atoms with Crippen molar-refractivity contribution in [3.05, 3.63) is 41.5 Å². The van der Waals surface area contributed by atoms with Crippen molar-refractivity contribution < 1.29 is 4.74 Å². The Morgan fingerprint density at radius 3 is 2.81 bits per heavy atom. The van der Waals surface area contributed by atoms with Gasteiger partial charge in [-0.25, -0.2) is 0 Å². The van der Waals surface area contributed by atoms with Crippen LogP contribution in [0.25, 0.3) is 0 Å². The van der Waals surface area contributed by atoms with Crippen LogP contribution >= 0.6 is 0 Å². The van der Waals surface area contributed by atoms with Crippen molar-refractivity contribution >= 4 is 6.21 Å². The molecule has 5 heteroatoms. The molecule has 1 aliphatic rings. The highest BCUT2D eigenvalue weighted by molar-refractivity contribution is 5.78. The van der Waals surface area contributed by atoms with Crippen LogP contribution in [0.4, 0.5) is 0 Å². The number of hydrogen-bond donors (Lipinski definition) is 2. The molecule has 2 rings (SSSR count). The molecule has 1 saturated carbocycles. The fourth-order valence-corrected chi connectivity index (χ4v) is 2.28. The third-order valence-electron chi connectivity index (χ3n) is 3.71. The Hall–Kier alpha value is -1.88. The first-order valence-electron chi connectivity index (χ1n) is 7.43. The number of aliphatic imine (C=N–C) groups is 1. The minimum Gasteiger partial charge on any atom is -0.473 e. The molecule has 0 unspecified atom stereocenters. The van der Waals surface area contributed by atoms with Gasteiger partial charge >= 0.3 is 0 Å². The first kappa shape index (κ1) is 15.5. The van der Waals surface area contributed by atoms with E-state index < -0.39 is 0 Å². The predicted octanol–water partition coefficient (Wildman–Crippen LogP) is 2.13. The summed E-state index contributed by atoms with van der Waals surface area (Å²) in [6.07, 6.45) is 7.77. The SMILES string of the molecule is C/C(C=NC1CCC(N)CC1)=C(/N)OCc1ccccn1. The largest absolute Gasteiger partial charge is 0.473 e. The summed E-state index contributed by atoms with van der Waals surface area (Å²) in [7, 11) is 0. The van der Waals surface area contributed by atoms with Gasteiger partial charge in [-0.15, -0.1) is 0 Å². The van der Waals surface area contributed by atoms with E-state index in [2.05, 4.69) is 9.98 Å². The van der Waals surface area contributed by atoms with E-state index in [4.69, 9.17) is 16.2 Å². The van der Waals surface area contributed by atoms with E-state index in [1.807, 2.05) is 31.3 Å². The van der Waals surface area contributed by atoms with Crippen LogP contribution in [0.1, 0.15) is 38.3 Å². The molecule has 0 aromatic carbocycles. The normalized spacial score (nSPS) is 23.9. The summed E-state index contributed by atoms with van der Waals surface area (Å²) in [5.41, 5.74) is 13.5. The molecular weight excluding hydrogens is 264 g/mol. The maximum Gasteiger partial charge on any atom is 0.188 e. The quantitative estimate of drug-likeness (QED) is 0.642. The maximum absolute atomic E-state index is 5.92. The average molecular weight is 288 g/mol. The van der Waals surface area contributed by atoms with E-state index >= 15 is 0 Å². The lowest BCUT2D eigenvalue weighted by Gasteiger charge is -2.22. The number of nitrogens with zero attached hydrogens (tertiary/aromatic N) is 2. The summed E-state index contributed by atoms with van der Waals surface area (Å²) in [6, 6.07) is 6.41. The van der Waals surface area contributed by atoms with E-state index in [1.54, 1.807) is 6.20 Å². The number of aromatic nitrogens is 1. The molecule has 1 heterocycles. The molecule has 0 radical (unpaired) electrons. The number of pyridine rings is 1. The highest BCUT2D eigenvalue weighted by atomic mass is 16.5. The van der Waals surface area contributed by atoms with Crippen LogP contribution in [-0.2, 0) is 11.3 Å². The van der Waals surface area contributed by atoms with Crippen LogP contribution in [-0.4, -0.2) is 23.3 Å². The third-order valence-corrected chi connectivity index (χ3v) is 3.71. The molecule has 1 fully saturated rings. The summed E-state index contributed by atoms with van der Waals surface area (Å²) in [5, 5.41) is 0. The molecule has 0 amide bonds. The molecule has 0 saturated heterocycles. The Balaban J connectivity index is 1.83. The molecule has 114 valence electrons. The van der Waals surface area contributed by atoms with Crippen molar-refractivity contribution in [1.82, 2.24) is 4.98 Å². The smallest absolute Gasteiger partial charge is 0.188 e. The second-order valence-electron chi connectivity index (χ2n) is 5.50. The molecule has 0 bridgehead atoms. The summed E-state index contributed by atoms with van der Waals surface area (Å²) in [6.45, 7) is 2.28. The van der Waals surface area contributed by atoms with Gasteiger partial charge in [0.2, 0.25) is 0 Å². The molecule has 1 aliphatic carbocycles. The van der Waals surface area contributed by atoms with Crippen molar-refractivity contribution in [3.8, 4) is 0 Å². The number of allylic oxidation sites excluding steroid dienone is 1. The topological polar surface area (TPSA) is 86.5 Å². The van der Waals surface area contributed by atoms with E-state index in [9.17, 15) is 0 Å². The Bertz CT molecular complexity index is 490. The van der Waals surface area contributed by atoms with Gasteiger partial charge in [-0.1, -0.05) is 6.07 Å². The van der Waals surface area contributed by atoms with Gasteiger partial charge in [0.1, 0.15) is 6.61 Å². The van der Waals surface area contributed by atoms with Crippen LogP contribution in [0.3, 0.4) is 0 Å². The van der Waals surface area contributed by atoms with Gasteiger partial charge in [0, 0.05) is 24.0 Å². The van der Waals surface area contributed by atoms with Gasteiger partial charge < -0.3 is 16.2 Å². The minimum atomic E-state index is 0.347. The van der Waals surface area contributed by atoms with Crippen molar-refractivity contribution in [1.29, 1.82) is 0 Å². The minimum absolute atomic E-state index is 0.347. The molecular formula is C16H24N4O. The van der Waals surface area contributed by atoms with Crippen LogP contribution in [0, 0.1) is 0 Å². The van der Waals surface area contributed by atoms with Gasteiger partial charge in [-0.2, -0.15) is 0 Å². The van der Waals surface area contributed by atoms with Gasteiger partial charge in [-0.3, -0.25) is 9.98 Å². The van der Waals surface area contributed by atoms with Gasteiger partial charge in [0.05, 0.1) is 11.7 Å². The van der Waals surface area contributed by atoms with Crippen LogP contribution in [0.15, 0.2) is 40.8 Å². The molecule has 0 aliphatic heterocycles. The molecule has 21 heavy (non-hydrogen) atoms. The Morgan fingerprint density at radius 2 is 2.14 bits per heavy atom. The monoisotopic (exact) mass is 288 g/mol. The summed E-state index contributed by atoms with van der Waals surface area (Å²) >= 11 is 0. The third kappa shape index (κ3) is 5.19. The van der Waals surface area contributed by atoms with Gasteiger partial charge in [-0.05, 0) is 44.7 Å². The lowest BCUT2D eigenvalue weighted by atomic mass is 9.92. The van der Waals surface area contributed by atoms with Crippen molar-refractivity contribution in [3.63, 3.8) is 0 Å². The number of rotatable bonds is 5. The standard InChI is InChI=1S/C16H24N4O/c1-12(10-20-14-7-5-13(17)6-8-14)16(18)21-11-15-4-2-3-9-19-15/h2-4,9-10,13-14H,5-8,11,17-18H2,1H3/b16-12+,20-10?. The molecule has 0 atom stereocenters. The van der Waals surface area contributed by atoms with E-state index in [0.717, 1.165) is 37.0 Å². The zero-order valence-corrected chi connectivity index (χ0v) is 12.5. The number of ether oxygens (including phenoxy) is 1. The lowest BCUT2D eigenvalue weighted by molar-refractivity contribution is 0.190. The molecule has 5 nitrogen and oxygen atoms in total. The first-order valence-corrected chi connectivity index (χ1v) is 7.43. The fraction of sp³-hybridized carbons (Fsp3) is 0.500. The maximum atomic E-state index is 5.92. The molecule has 1 aromatic rings. The Labute approximate surface area is 126 Å². The summed E-state index contributed by atoms with van der Waals surface area (Å²) in [4.78, 5) is 8.77. The fourth-order valence-electron chi connectivity index (χ4n) is 2.28. The van der Waals surface area contributed by atoms with Gasteiger partial charge in [0.15, 0.2) is 5.88 Å². The molecule has 4 N–H and O–H groups in total. The highest BCUT2D eigenvalue weighted by Gasteiger charge is 2.16. The lowest BCUT2D eigenvalue weighted by Crippen LogP contribution is -2.28. The second kappa shape index (κ2) is 7.78. The molecule has 1 aromatic heterocycles. The first-order chi connectivity index (χ1) is 10.1. The second-order valence-corrected chi connectivity index (χ2v) is 5.50. The van der Waals surface area contributed by atoms with Crippen LogP contribution in [0.2, 0.25) is 0 Å². The van der Waals surface area contributed by atoms with E-state index in [0.29, 0.717) is 24.6 Å². The Kier molecular flexibility index (Phi) is 5.75. The Morgan fingerprint density at radius 1 is 1.38 bits per heavy atom. The van der Waals surface area contributed by atoms with Crippen LogP contribution < -0.4 is 11.5 Å². The van der Waals surface area contributed by atoms with Crippen molar-refractivity contribution in [2.24, 2.45) is 16.5 Å². The molecule has 0 spiro atoms. The average Bonchev–Trinajstić information content (AvgIpc) is 2.52.